The lowest BCUT2D eigenvalue weighted by molar-refractivity contribution is -0.115. The average molecular weight is 316 g/mol. The third-order valence-corrected chi connectivity index (χ3v) is 5.12. The van der Waals surface area contributed by atoms with Gasteiger partial charge < -0.3 is 15.4 Å². The first-order chi connectivity index (χ1) is 10.9. The molecule has 0 spiro atoms. The molecule has 5 nitrogen and oxygen atoms in total. The maximum atomic E-state index is 12.6. The second-order valence-electron chi connectivity index (χ2n) is 7.00. The second-order valence-corrected chi connectivity index (χ2v) is 7.00. The van der Waals surface area contributed by atoms with Crippen LogP contribution in [0.5, 0.6) is 0 Å². The van der Waals surface area contributed by atoms with Crippen molar-refractivity contribution in [1.82, 2.24) is 5.32 Å². The minimum Gasteiger partial charge on any atom is -0.377 e. The van der Waals surface area contributed by atoms with Crippen LogP contribution in [0.3, 0.4) is 0 Å². The van der Waals surface area contributed by atoms with E-state index >= 15 is 0 Å². The zero-order chi connectivity index (χ0) is 16.6. The summed E-state index contributed by atoms with van der Waals surface area (Å²) in [5.41, 5.74) is 1.18. The minimum atomic E-state index is -0.0963. The number of carbonyl (C=O) groups is 2. The Labute approximate surface area is 136 Å². The zero-order valence-corrected chi connectivity index (χ0v) is 13.9. The lowest BCUT2D eigenvalue weighted by atomic mass is 9.57. The lowest BCUT2D eigenvalue weighted by Crippen LogP contribution is -2.66. The first-order valence-electron chi connectivity index (χ1n) is 8.26. The first kappa shape index (κ1) is 16.0. The number of amides is 2. The van der Waals surface area contributed by atoms with Gasteiger partial charge >= 0.3 is 0 Å². The molecule has 3 atom stereocenters. The van der Waals surface area contributed by atoms with E-state index in [4.69, 9.17) is 4.74 Å². The molecule has 2 amide bonds. The molecule has 23 heavy (non-hydrogen) atoms. The molecular weight excluding hydrogens is 292 g/mol. The van der Waals surface area contributed by atoms with Crippen LogP contribution in [0.15, 0.2) is 24.3 Å². The van der Waals surface area contributed by atoms with Crippen molar-refractivity contribution in [2.45, 2.75) is 45.8 Å². The molecule has 1 aliphatic heterocycles. The van der Waals surface area contributed by atoms with Gasteiger partial charge in [-0.05, 0) is 24.6 Å². The van der Waals surface area contributed by atoms with Gasteiger partial charge in [-0.15, -0.1) is 0 Å². The van der Waals surface area contributed by atoms with Crippen molar-refractivity contribution < 1.29 is 14.3 Å². The van der Waals surface area contributed by atoms with Crippen LogP contribution < -0.4 is 10.6 Å². The molecule has 1 saturated heterocycles. The van der Waals surface area contributed by atoms with Gasteiger partial charge in [-0.3, -0.25) is 9.59 Å². The maximum Gasteiger partial charge on any atom is 0.251 e. The van der Waals surface area contributed by atoms with Crippen molar-refractivity contribution in [1.29, 1.82) is 0 Å². The van der Waals surface area contributed by atoms with E-state index in [0.29, 0.717) is 23.6 Å². The summed E-state index contributed by atoms with van der Waals surface area (Å²) in [7, 11) is 0. The Morgan fingerprint density at radius 1 is 1.35 bits per heavy atom. The predicted octanol–water partition coefficient (Wildman–Crippen LogP) is 2.58. The number of ether oxygens (including phenoxy) is 1. The molecule has 1 aromatic rings. The summed E-state index contributed by atoms with van der Waals surface area (Å²) in [5.74, 6) is 0.256. The molecule has 3 rings (SSSR count). The van der Waals surface area contributed by atoms with E-state index in [-0.39, 0.29) is 29.4 Å². The maximum absolute atomic E-state index is 12.6. The van der Waals surface area contributed by atoms with Gasteiger partial charge in [0.05, 0.1) is 6.10 Å². The minimum absolute atomic E-state index is 0.0368. The Balaban J connectivity index is 1.69. The normalized spacial score (nSPS) is 27.7. The van der Waals surface area contributed by atoms with E-state index in [0.717, 1.165) is 13.0 Å². The topological polar surface area (TPSA) is 67.4 Å². The molecule has 0 bridgehead atoms. The van der Waals surface area contributed by atoms with Gasteiger partial charge in [0.25, 0.3) is 5.91 Å². The number of nitrogens with one attached hydrogen (secondary N) is 2. The van der Waals surface area contributed by atoms with Gasteiger partial charge in [0, 0.05) is 41.7 Å². The lowest BCUT2D eigenvalue weighted by Gasteiger charge is -2.54. The van der Waals surface area contributed by atoms with Crippen LogP contribution in [0, 0.1) is 11.3 Å². The van der Waals surface area contributed by atoms with E-state index < -0.39 is 0 Å². The highest BCUT2D eigenvalue weighted by atomic mass is 16.5. The van der Waals surface area contributed by atoms with Crippen LogP contribution in [0.2, 0.25) is 0 Å². The van der Waals surface area contributed by atoms with Crippen molar-refractivity contribution >= 4 is 17.5 Å². The monoisotopic (exact) mass is 316 g/mol. The van der Waals surface area contributed by atoms with Crippen LogP contribution in [0.25, 0.3) is 0 Å². The van der Waals surface area contributed by atoms with Crippen LogP contribution in [-0.4, -0.2) is 30.6 Å². The summed E-state index contributed by atoms with van der Waals surface area (Å²) < 4.78 is 5.76. The average Bonchev–Trinajstić information content (AvgIpc) is 2.99. The van der Waals surface area contributed by atoms with Crippen molar-refractivity contribution in [2.24, 2.45) is 11.3 Å². The van der Waals surface area contributed by atoms with Crippen molar-refractivity contribution in [3.8, 4) is 0 Å². The van der Waals surface area contributed by atoms with Crippen LogP contribution in [0.1, 0.15) is 44.0 Å². The van der Waals surface area contributed by atoms with E-state index in [1.54, 1.807) is 31.2 Å². The van der Waals surface area contributed by atoms with Gasteiger partial charge in [-0.2, -0.15) is 0 Å². The summed E-state index contributed by atoms with van der Waals surface area (Å²) in [5, 5.41) is 5.94. The molecular formula is C18H24N2O3. The SMILES string of the molecule is CCC(=O)Nc1cccc(C(=O)NC2C3CCOC3C2(C)C)c1. The highest BCUT2D eigenvalue weighted by Gasteiger charge is 2.59. The Kier molecular flexibility index (Phi) is 4.15. The first-order valence-corrected chi connectivity index (χ1v) is 8.26. The zero-order valence-electron chi connectivity index (χ0n) is 13.9. The number of hydrogen-bond donors (Lipinski definition) is 2. The van der Waals surface area contributed by atoms with E-state index in [1.807, 2.05) is 0 Å². The number of benzene rings is 1. The van der Waals surface area contributed by atoms with Gasteiger partial charge in [0.2, 0.25) is 5.91 Å². The molecule has 1 aromatic carbocycles. The standard InChI is InChI=1S/C18H24N2O3/c1-4-14(21)19-12-7-5-6-11(10-12)17(22)20-15-13-8-9-23-16(13)18(15,2)3/h5-7,10,13,15-16H,4,8-9H2,1-3H3,(H,19,21)(H,20,22). The molecule has 0 radical (unpaired) electrons. The van der Waals surface area contributed by atoms with Gasteiger partial charge in [-0.1, -0.05) is 26.8 Å². The van der Waals surface area contributed by atoms with Gasteiger partial charge in [0.1, 0.15) is 0 Å². The molecule has 2 aliphatic rings. The third-order valence-electron chi connectivity index (χ3n) is 5.12. The summed E-state index contributed by atoms with van der Waals surface area (Å²) >= 11 is 0. The fourth-order valence-electron chi connectivity index (χ4n) is 3.83. The number of anilines is 1. The molecule has 3 unspecified atom stereocenters. The Bertz CT molecular complexity index is 626. The molecule has 1 saturated carbocycles. The quantitative estimate of drug-likeness (QED) is 0.897. The van der Waals surface area contributed by atoms with Gasteiger partial charge in [-0.25, -0.2) is 0 Å². The fourth-order valence-corrected chi connectivity index (χ4v) is 3.83. The molecule has 2 N–H and O–H groups in total. The van der Waals surface area contributed by atoms with E-state index in [9.17, 15) is 9.59 Å². The summed E-state index contributed by atoms with van der Waals surface area (Å²) in [6, 6.07) is 7.20. The van der Waals surface area contributed by atoms with E-state index in [1.165, 1.54) is 0 Å². The highest BCUT2D eigenvalue weighted by molar-refractivity contribution is 5.97. The molecule has 124 valence electrons. The smallest absolute Gasteiger partial charge is 0.251 e. The predicted molar refractivity (Wildman–Crippen MR) is 88.2 cm³/mol. The van der Waals surface area contributed by atoms with Crippen LogP contribution >= 0.6 is 0 Å². The molecule has 1 heterocycles. The Morgan fingerprint density at radius 3 is 2.87 bits per heavy atom. The largest absolute Gasteiger partial charge is 0.377 e. The Hall–Kier alpha value is -1.88. The van der Waals surface area contributed by atoms with Crippen LogP contribution in [0.4, 0.5) is 5.69 Å². The number of fused-ring (bicyclic) bond motifs is 1. The molecule has 5 heteroatoms. The summed E-state index contributed by atoms with van der Waals surface area (Å²) in [6.07, 6.45) is 1.67. The summed E-state index contributed by atoms with van der Waals surface area (Å²) in [4.78, 5) is 24.0. The number of carbonyl (C=O) groups excluding carboxylic acids is 2. The number of rotatable bonds is 4. The second kappa shape index (κ2) is 5.96. The number of hydrogen-bond acceptors (Lipinski definition) is 3. The third kappa shape index (κ3) is 2.85. The van der Waals surface area contributed by atoms with Gasteiger partial charge in [0.15, 0.2) is 0 Å². The summed E-state index contributed by atoms with van der Waals surface area (Å²) in [6.45, 7) is 6.86. The van der Waals surface area contributed by atoms with Crippen molar-refractivity contribution in [2.75, 3.05) is 11.9 Å². The van der Waals surface area contributed by atoms with Crippen LogP contribution in [-0.2, 0) is 9.53 Å². The molecule has 0 aromatic heterocycles. The Morgan fingerprint density at radius 2 is 2.13 bits per heavy atom. The van der Waals surface area contributed by atoms with Crippen molar-refractivity contribution in [3.63, 3.8) is 0 Å². The molecule has 1 aliphatic carbocycles. The van der Waals surface area contributed by atoms with Crippen molar-refractivity contribution in [3.05, 3.63) is 29.8 Å². The van der Waals surface area contributed by atoms with E-state index in [2.05, 4.69) is 24.5 Å². The molecule has 2 fully saturated rings. The fraction of sp³-hybridized carbons (Fsp3) is 0.556. The highest BCUT2D eigenvalue weighted by Crippen LogP contribution is 2.52.